The maximum atomic E-state index is 15.7. The van der Waals surface area contributed by atoms with E-state index in [1.807, 2.05) is 6.92 Å². The maximum Gasteiger partial charge on any atom is 0.416 e. The van der Waals surface area contributed by atoms with Crippen LogP contribution in [0.25, 0.3) is 0 Å². The highest BCUT2D eigenvalue weighted by atomic mass is 19.4. The Hall–Kier alpha value is -2.79. The molecule has 0 amide bonds. The van der Waals surface area contributed by atoms with E-state index < -0.39 is 29.0 Å². The number of benzene rings is 1. The summed E-state index contributed by atoms with van der Waals surface area (Å²) in [7, 11) is 0. The molecule has 1 aromatic heterocycles. The minimum Gasteiger partial charge on any atom is -0.381 e. The van der Waals surface area contributed by atoms with Crippen LogP contribution >= 0.6 is 0 Å². The highest BCUT2D eigenvalue weighted by molar-refractivity contribution is 5.85. The molecule has 0 bridgehead atoms. The monoisotopic (exact) mass is 524 g/mol. The van der Waals surface area contributed by atoms with Crippen LogP contribution in [0.2, 0.25) is 0 Å². The first-order valence-corrected chi connectivity index (χ1v) is 12.6. The van der Waals surface area contributed by atoms with E-state index in [0.717, 1.165) is 25.0 Å². The van der Waals surface area contributed by atoms with Crippen molar-refractivity contribution in [2.45, 2.75) is 51.2 Å². The third-order valence-electron chi connectivity index (χ3n) is 7.19. The van der Waals surface area contributed by atoms with E-state index >= 15 is 4.39 Å². The summed E-state index contributed by atoms with van der Waals surface area (Å²) in [5.74, 6) is -0.513. The zero-order valence-corrected chi connectivity index (χ0v) is 20.8. The highest BCUT2D eigenvalue weighted by Gasteiger charge is 2.39. The fraction of sp³-hybridized carbons (Fsp3) is 0.577. The number of hydrogen-bond acceptors (Lipinski definition) is 7. The molecule has 1 N–H and O–H groups in total. The number of nitrogens with one attached hydrogen (secondary N) is 1. The second-order valence-corrected chi connectivity index (χ2v) is 9.54. The number of ether oxygens (including phenoxy) is 2. The molecule has 4 rings (SSSR count). The number of aromatic nitrogens is 2. The predicted molar refractivity (Wildman–Crippen MR) is 130 cm³/mol. The lowest BCUT2D eigenvalue weighted by atomic mass is 9.74. The van der Waals surface area contributed by atoms with Gasteiger partial charge in [-0.3, -0.25) is 4.79 Å². The second-order valence-electron chi connectivity index (χ2n) is 9.54. The van der Waals surface area contributed by atoms with Crippen molar-refractivity contribution in [2.24, 2.45) is 5.41 Å². The van der Waals surface area contributed by atoms with Crippen LogP contribution in [0.4, 0.5) is 29.2 Å². The summed E-state index contributed by atoms with van der Waals surface area (Å²) in [6.07, 6.45) is 0.0997. The third kappa shape index (κ3) is 6.20. The molecule has 0 saturated carbocycles. The van der Waals surface area contributed by atoms with E-state index in [2.05, 4.69) is 15.3 Å². The number of unbranched alkanes of at least 4 members (excludes halogenated alkanes) is 1. The largest absolute Gasteiger partial charge is 0.416 e. The zero-order chi connectivity index (χ0) is 26.5. The van der Waals surface area contributed by atoms with Gasteiger partial charge in [-0.05, 0) is 37.0 Å². The quantitative estimate of drug-likeness (QED) is 0.453. The van der Waals surface area contributed by atoms with E-state index in [1.54, 1.807) is 4.90 Å². The third-order valence-corrected chi connectivity index (χ3v) is 7.19. The van der Waals surface area contributed by atoms with Gasteiger partial charge in [0.05, 0.1) is 30.2 Å². The van der Waals surface area contributed by atoms with Crippen molar-refractivity contribution in [3.63, 3.8) is 0 Å². The molecule has 2 saturated heterocycles. The summed E-state index contributed by atoms with van der Waals surface area (Å²) >= 11 is 0. The average molecular weight is 525 g/mol. The van der Waals surface area contributed by atoms with E-state index in [9.17, 15) is 18.0 Å². The summed E-state index contributed by atoms with van der Waals surface area (Å²) < 4.78 is 65.8. The highest BCUT2D eigenvalue weighted by Crippen LogP contribution is 2.36. The van der Waals surface area contributed by atoms with Gasteiger partial charge in [-0.1, -0.05) is 25.5 Å². The lowest BCUT2D eigenvalue weighted by Crippen LogP contribution is -2.43. The SMILES string of the molecule is CCCCC(=O)C1(CNc2ncnc(N3CCOCC3c3ccc(C(F)(F)F)cc3)c2F)CCOCC1. The molecular weight excluding hydrogens is 492 g/mol. The van der Waals surface area contributed by atoms with E-state index in [0.29, 0.717) is 51.2 Å². The summed E-state index contributed by atoms with van der Waals surface area (Å²) in [5, 5.41) is 3.05. The number of alkyl halides is 3. The van der Waals surface area contributed by atoms with Gasteiger partial charge >= 0.3 is 6.18 Å². The van der Waals surface area contributed by atoms with Gasteiger partial charge in [0.2, 0.25) is 5.82 Å². The number of morpholine rings is 1. The molecule has 202 valence electrons. The van der Waals surface area contributed by atoms with Crippen molar-refractivity contribution in [2.75, 3.05) is 49.7 Å². The Labute approximate surface area is 213 Å². The Morgan fingerprint density at radius 1 is 1.14 bits per heavy atom. The van der Waals surface area contributed by atoms with Gasteiger partial charge in [0.15, 0.2) is 11.6 Å². The number of carbonyl (C=O) groups excluding carboxylic acids is 1. The van der Waals surface area contributed by atoms with Crippen LogP contribution in [0, 0.1) is 11.2 Å². The Bertz CT molecular complexity index is 1060. The fourth-order valence-electron chi connectivity index (χ4n) is 4.88. The number of anilines is 2. The number of Topliss-reactive ketones (excluding diaryl/α,β-unsaturated/α-hetero) is 1. The van der Waals surface area contributed by atoms with Gasteiger partial charge in [-0.15, -0.1) is 0 Å². The molecule has 0 spiro atoms. The van der Waals surface area contributed by atoms with Gasteiger partial charge < -0.3 is 19.7 Å². The standard InChI is InChI=1S/C26H32F4N4O3/c1-2-3-4-21(35)25(9-12-36-13-10-25)16-31-23-22(27)24(33-17-32-23)34-11-14-37-15-20(34)18-5-7-19(8-6-18)26(28,29)30/h5-8,17,20H,2-4,9-16H2,1H3,(H,31,32,33). The molecule has 7 nitrogen and oxygen atoms in total. The lowest BCUT2D eigenvalue weighted by Gasteiger charge is -2.37. The van der Waals surface area contributed by atoms with E-state index in [1.165, 1.54) is 18.5 Å². The number of rotatable bonds is 9. The van der Waals surface area contributed by atoms with Crippen molar-refractivity contribution < 1.29 is 31.8 Å². The number of halogens is 4. The van der Waals surface area contributed by atoms with Gasteiger partial charge in [0.1, 0.15) is 12.1 Å². The molecule has 11 heteroatoms. The number of carbonyl (C=O) groups is 1. The van der Waals surface area contributed by atoms with E-state index in [4.69, 9.17) is 9.47 Å². The van der Waals surface area contributed by atoms with Crippen molar-refractivity contribution in [3.05, 3.63) is 47.5 Å². The van der Waals surface area contributed by atoms with Crippen LogP contribution in [0.1, 0.15) is 56.2 Å². The average Bonchev–Trinajstić information content (AvgIpc) is 2.91. The molecule has 0 aliphatic carbocycles. The zero-order valence-electron chi connectivity index (χ0n) is 20.8. The topological polar surface area (TPSA) is 76.6 Å². The van der Waals surface area contributed by atoms with Crippen molar-refractivity contribution in [1.29, 1.82) is 0 Å². The molecule has 2 aliphatic heterocycles. The lowest BCUT2D eigenvalue weighted by molar-refractivity contribution is -0.137. The first kappa shape index (κ1) is 27.3. The van der Waals surface area contributed by atoms with Crippen LogP contribution in [0.15, 0.2) is 30.6 Å². The van der Waals surface area contributed by atoms with Crippen LogP contribution in [-0.4, -0.2) is 55.3 Å². The summed E-state index contributed by atoms with van der Waals surface area (Å²) in [6.45, 7) is 4.00. The van der Waals surface area contributed by atoms with Crippen molar-refractivity contribution >= 4 is 17.4 Å². The molecule has 1 atom stereocenters. The van der Waals surface area contributed by atoms with Gasteiger partial charge in [0.25, 0.3) is 0 Å². The number of nitrogens with zero attached hydrogens (tertiary/aromatic N) is 3. The first-order chi connectivity index (χ1) is 17.7. The van der Waals surface area contributed by atoms with Crippen molar-refractivity contribution in [1.82, 2.24) is 9.97 Å². The van der Waals surface area contributed by atoms with Crippen LogP contribution in [0.3, 0.4) is 0 Å². The molecule has 2 aliphatic rings. The van der Waals surface area contributed by atoms with Crippen LogP contribution < -0.4 is 10.2 Å². The van der Waals surface area contributed by atoms with E-state index in [-0.39, 0.29) is 30.6 Å². The second kappa shape index (κ2) is 11.7. The van der Waals surface area contributed by atoms with Gasteiger partial charge in [-0.25, -0.2) is 9.97 Å². The van der Waals surface area contributed by atoms with Gasteiger partial charge in [0, 0.05) is 32.7 Å². The van der Waals surface area contributed by atoms with Crippen molar-refractivity contribution in [3.8, 4) is 0 Å². The van der Waals surface area contributed by atoms with Crippen LogP contribution in [-0.2, 0) is 20.4 Å². The Kier molecular flexibility index (Phi) is 8.63. The number of hydrogen-bond donors (Lipinski definition) is 1. The summed E-state index contributed by atoms with van der Waals surface area (Å²) in [4.78, 5) is 23.0. The Morgan fingerprint density at radius 3 is 2.54 bits per heavy atom. The molecule has 3 heterocycles. The smallest absolute Gasteiger partial charge is 0.381 e. The molecule has 37 heavy (non-hydrogen) atoms. The minimum atomic E-state index is -4.44. The molecule has 1 aromatic carbocycles. The Morgan fingerprint density at radius 2 is 1.86 bits per heavy atom. The normalized spacial score (nSPS) is 20.0. The molecular formula is C26H32F4N4O3. The summed E-state index contributed by atoms with van der Waals surface area (Å²) in [5.41, 5.74) is -0.843. The molecule has 2 aromatic rings. The first-order valence-electron chi connectivity index (χ1n) is 12.6. The van der Waals surface area contributed by atoms with Gasteiger partial charge in [-0.2, -0.15) is 17.6 Å². The predicted octanol–water partition coefficient (Wildman–Crippen LogP) is 5.18. The Balaban J connectivity index is 1.55. The van der Waals surface area contributed by atoms with Crippen LogP contribution in [0.5, 0.6) is 0 Å². The number of ketones is 1. The fourth-order valence-corrected chi connectivity index (χ4v) is 4.88. The maximum absolute atomic E-state index is 15.7. The molecule has 1 unspecified atom stereocenters. The molecule has 0 radical (unpaired) electrons. The molecule has 2 fully saturated rings. The minimum absolute atomic E-state index is 0.0168. The summed E-state index contributed by atoms with van der Waals surface area (Å²) in [6, 6.07) is 4.25.